The van der Waals surface area contributed by atoms with Crippen LogP contribution in [0.1, 0.15) is 74.1 Å². The number of aryl methyl sites for hydroxylation is 1. The molecule has 0 bridgehead atoms. The van der Waals surface area contributed by atoms with E-state index in [1.165, 1.54) is 48.8 Å². The van der Waals surface area contributed by atoms with Gasteiger partial charge < -0.3 is 5.73 Å². The van der Waals surface area contributed by atoms with E-state index in [9.17, 15) is 0 Å². The van der Waals surface area contributed by atoms with Crippen LogP contribution in [0.2, 0.25) is 0 Å². The first kappa shape index (κ1) is 17.1. The molecule has 1 aliphatic carbocycles. The molecule has 0 atom stereocenters. The van der Waals surface area contributed by atoms with Gasteiger partial charge >= 0.3 is 0 Å². The maximum atomic E-state index is 5.80. The standard InChI is InChI=1S/C23H31N/c1-3-17-5-9-20(10-6-17)22-12-11-21(19(4-2)16-22)15-18-7-13-23(24)14-8-18/h7-8,11-14,16-17,20H,3-6,9-10,15,24H2,1-2H3. The molecule has 24 heavy (non-hydrogen) atoms. The topological polar surface area (TPSA) is 26.0 Å². The predicted molar refractivity (Wildman–Crippen MR) is 104 cm³/mol. The summed E-state index contributed by atoms with van der Waals surface area (Å²) in [7, 11) is 0. The Hall–Kier alpha value is -1.76. The Morgan fingerprint density at radius 3 is 2.21 bits per heavy atom. The van der Waals surface area contributed by atoms with Crippen LogP contribution < -0.4 is 5.73 Å². The molecular formula is C23H31N. The van der Waals surface area contributed by atoms with Crippen molar-refractivity contribution < 1.29 is 0 Å². The molecule has 1 saturated carbocycles. The Labute approximate surface area is 147 Å². The minimum Gasteiger partial charge on any atom is -0.399 e. The molecule has 2 aromatic carbocycles. The van der Waals surface area contributed by atoms with E-state index in [-0.39, 0.29) is 0 Å². The summed E-state index contributed by atoms with van der Waals surface area (Å²) in [6.07, 6.45) is 9.05. The van der Waals surface area contributed by atoms with Crippen LogP contribution in [0.4, 0.5) is 5.69 Å². The molecule has 1 aliphatic rings. The first-order chi connectivity index (χ1) is 11.7. The second-order valence-corrected chi connectivity index (χ2v) is 7.43. The molecule has 0 aromatic heterocycles. The predicted octanol–water partition coefficient (Wildman–Crippen LogP) is 6.11. The number of rotatable bonds is 5. The largest absolute Gasteiger partial charge is 0.399 e. The lowest BCUT2D eigenvalue weighted by atomic mass is 9.77. The molecule has 2 aromatic rings. The molecule has 128 valence electrons. The summed E-state index contributed by atoms with van der Waals surface area (Å²) in [6.45, 7) is 4.62. The van der Waals surface area contributed by atoms with Crippen molar-refractivity contribution >= 4 is 5.69 Å². The Morgan fingerprint density at radius 2 is 1.58 bits per heavy atom. The fourth-order valence-electron chi connectivity index (χ4n) is 4.16. The zero-order valence-electron chi connectivity index (χ0n) is 15.2. The second kappa shape index (κ2) is 7.88. The quantitative estimate of drug-likeness (QED) is 0.661. The van der Waals surface area contributed by atoms with Gasteiger partial charge in [-0.2, -0.15) is 0 Å². The van der Waals surface area contributed by atoms with Crippen LogP contribution in [0.25, 0.3) is 0 Å². The average molecular weight is 322 g/mol. The monoisotopic (exact) mass is 321 g/mol. The van der Waals surface area contributed by atoms with Crippen molar-refractivity contribution in [1.29, 1.82) is 0 Å². The normalized spacial score (nSPS) is 20.9. The van der Waals surface area contributed by atoms with Gasteiger partial charge in [0.25, 0.3) is 0 Å². The van der Waals surface area contributed by atoms with Gasteiger partial charge in [-0.25, -0.2) is 0 Å². The van der Waals surface area contributed by atoms with Crippen molar-refractivity contribution in [2.75, 3.05) is 5.73 Å². The third kappa shape index (κ3) is 4.01. The molecular weight excluding hydrogens is 290 g/mol. The fraction of sp³-hybridized carbons (Fsp3) is 0.478. The number of nitrogens with two attached hydrogens (primary N) is 1. The molecule has 0 heterocycles. The Morgan fingerprint density at radius 1 is 0.875 bits per heavy atom. The van der Waals surface area contributed by atoms with Crippen molar-refractivity contribution in [2.45, 2.75) is 64.7 Å². The summed E-state index contributed by atoms with van der Waals surface area (Å²) >= 11 is 0. The van der Waals surface area contributed by atoms with Gasteiger partial charge in [0.15, 0.2) is 0 Å². The maximum absolute atomic E-state index is 5.80. The van der Waals surface area contributed by atoms with Crippen LogP contribution >= 0.6 is 0 Å². The van der Waals surface area contributed by atoms with Gasteiger partial charge in [-0.1, -0.05) is 50.6 Å². The molecule has 0 spiro atoms. The van der Waals surface area contributed by atoms with Crippen LogP contribution in [0.15, 0.2) is 42.5 Å². The highest BCUT2D eigenvalue weighted by Crippen LogP contribution is 2.37. The molecule has 0 saturated heterocycles. The van der Waals surface area contributed by atoms with Crippen molar-refractivity contribution in [3.63, 3.8) is 0 Å². The second-order valence-electron chi connectivity index (χ2n) is 7.43. The summed E-state index contributed by atoms with van der Waals surface area (Å²) in [4.78, 5) is 0. The Kier molecular flexibility index (Phi) is 5.60. The summed E-state index contributed by atoms with van der Waals surface area (Å²) in [5, 5.41) is 0. The Bertz CT molecular complexity index is 648. The van der Waals surface area contributed by atoms with Crippen LogP contribution in [-0.2, 0) is 12.8 Å². The molecule has 1 fully saturated rings. The molecule has 1 nitrogen and oxygen atoms in total. The molecule has 0 amide bonds. The van der Waals surface area contributed by atoms with E-state index in [2.05, 4.69) is 44.2 Å². The minimum atomic E-state index is 0.781. The zero-order chi connectivity index (χ0) is 16.9. The van der Waals surface area contributed by atoms with Crippen LogP contribution in [0.5, 0.6) is 0 Å². The highest BCUT2D eigenvalue weighted by atomic mass is 14.5. The summed E-state index contributed by atoms with van der Waals surface area (Å²) in [5.41, 5.74) is 12.5. The lowest BCUT2D eigenvalue weighted by molar-refractivity contribution is 0.318. The number of nitrogen functional groups attached to an aromatic ring is 1. The molecule has 0 unspecified atom stereocenters. The molecule has 3 rings (SSSR count). The summed E-state index contributed by atoms with van der Waals surface area (Å²) in [6, 6.07) is 15.6. The first-order valence-electron chi connectivity index (χ1n) is 9.65. The van der Waals surface area contributed by atoms with Crippen molar-refractivity contribution in [3.05, 3.63) is 64.7 Å². The van der Waals surface area contributed by atoms with E-state index >= 15 is 0 Å². The van der Waals surface area contributed by atoms with Crippen LogP contribution in [0, 0.1) is 5.92 Å². The number of anilines is 1. The van der Waals surface area contributed by atoms with Gasteiger partial charge in [-0.3, -0.25) is 0 Å². The molecule has 1 heteroatoms. The number of benzene rings is 2. The number of hydrogen-bond acceptors (Lipinski definition) is 1. The smallest absolute Gasteiger partial charge is 0.0314 e. The van der Waals surface area contributed by atoms with Gasteiger partial charge in [-0.05, 0) is 84.7 Å². The summed E-state index contributed by atoms with van der Waals surface area (Å²) in [5.74, 6) is 1.75. The molecule has 2 N–H and O–H groups in total. The van der Waals surface area contributed by atoms with Gasteiger partial charge in [0.05, 0.1) is 0 Å². The number of hydrogen-bond donors (Lipinski definition) is 1. The van der Waals surface area contributed by atoms with E-state index in [4.69, 9.17) is 5.73 Å². The third-order valence-electron chi connectivity index (χ3n) is 5.88. The third-order valence-corrected chi connectivity index (χ3v) is 5.88. The van der Waals surface area contributed by atoms with E-state index in [1.54, 1.807) is 5.56 Å². The highest BCUT2D eigenvalue weighted by Gasteiger charge is 2.21. The summed E-state index contributed by atoms with van der Waals surface area (Å²) < 4.78 is 0. The van der Waals surface area contributed by atoms with Crippen LogP contribution in [-0.4, -0.2) is 0 Å². The maximum Gasteiger partial charge on any atom is 0.0314 e. The zero-order valence-corrected chi connectivity index (χ0v) is 15.2. The Balaban J connectivity index is 1.74. The van der Waals surface area contributed by atoms with Crippen molar-refractivity contribution in [1.82, 2.24) is 0 Å². The molecule has 0 aliphatic heterocycles. The van der Waals surface area contributed by atoms with Gasteiger partial charge in [-0.15, -0.1) is 0 Å². The van der Waals surface area contributed by atoms with E-state index in [0.717, 1.165) is 30.4 Å². The lowest BCUT2D eigenvalue weighted by Gasteiger charge is -2.28. The minimum absolute atomic E-state index is 0.781. The lowest BCUT2D eigenvalue weighted by Crippen LogP contribution is -2.13. The molecule has 0 radical (unpaired) electrons. The average Bonchev–Trinajstić information content (AvgIpc) is 2.64. The van der Waals surface area contributed by atoms with Gasteiger partial charge in [0.1, 0.15) is 0 Å². The van der Waals surface area contributed by atoms with Crippen LogP contribution in [0.3, 0.4) is 0 Å². The highest BCUT2D eigenvalue weighted by molar-refractivity contribution is 5.42. The van der Waals surface area contributed by atoms with Gasteiger partial charge in [0, 0.05) is 5.69 Å². The van der Waals surface area contributed by atoms with E-state index in [0.29, 0.717) is 0 Å². The van der Waals surface area contributed by atoms with E-state index < -0.39 is 0 Å². The van der Waals surface area contributed by atoms with Crippen molar-refractivity contribution in [3.8, 4) is 0 Å². The fourth-order valence-corrected chi connectivity index (χ4v) is 4.16. The SMILES string of the molecule is CCc1cc(C2CCC(CC)CC2)ccc1Cc1ccc(N)cc1. The van der Waals surface area contributed by atoms with E-state index in [1.807, 2.05) is 12.1 Å². The first-order valence-corrected chi connectivity index (χ1v) is 9.65. The van der Waals surface area contributed by atoms with Crippen molar-refractivity contribution in [2.24, 2.45) is 5.92 Å². The van der Waals surface area contributed by atoms with Gasteiger partial charge in [0.2, 0.25) is 0 Å².